The monoisotopic (exact) mass is 378 g/mol. The molecule has 28 heavy (non-hydrogen) atoms. The predicted octanol–water partition coefficient (Wildman–Crippen LogP) is 4.17. The molecule has 5 heteroatoms. The van der Waals surface area contributed by atoms with Crippen molar-refractivity contribution in [2.45, 2.75) is 13.0 Å². The fraction of sp³-hybridized carbons (Fsp3) is 0.261. The zero-order valence-corrected chi connectivity index (χ0v) is 16.7. The Morgan fingerprint density at radius 3 is 2.46 bits per heavy atom. The molecular weight excluding hydrogens is 352 g/mol. The molecule has 3 rings (SSSR count). The smallest absolute Gasteiger partial charge is 0.239 e. The molecule has 0 fully saturated rings. The number of nitrogens with one attached hydrogen (secondary N) is 1. The molecule has 0 aliphatic rings. The summed E-state index contributed by atoms with van der Waals surface area (Å²) in [6.45, 7) is 2.19. The molecule has 0 aromatic heterocycles. The third-order valence-electron chi connectivity index (χ3n) is 4.84. The molecule has 0 saturated heterocycles. The van der Waals surface area contributed by atoms with Crippen LogP contribution in [0.5, 0.6) is 11.5 Å². The number of rotatable bonds is 7. The molecule has 1 amide bonds. The van der Waals surface area contributed by atoms with Gasteiger partial charge >= 0.3 is 0 Å². The lowest BCUT2D eigenvalue weighted by Crippen LogP contribution is -2.36. The number of ether oxygens (including phenoxy) is 2. The van der Waals surface area contributed by atoms with Crippen LogP contribution in [0.25, 0.3) is 10.8 Å². The maximum atomic E-state index is 12.6. The Hall–Kier alpha value is -3.21. The Kier molecular flexibility index (Phi) is 6.04. The number of hydrogen-bond acceptors (Lipinski definition) is 4. The van der Waals surface area contributed by atoms with Crippen molar-refractivity contribution in [3.05, 3.63) is 66.2 Å². The lowest BCUT2D eigenvalue weighted by Gasteiger charge is -2.22. The van der Waals surface area contributed by atoms with Crippen LogP contribution < -0.4 is 19.7 Å². The zero-order chi connectivity index (χ0) is 20.1. The van der Waals surface area contributed by atoms with Crippen molar-refractivity contribution >= 4 is 22.4 Å². The highest BCUT2D eigenvalue weighted by molar-refractivity contribution is 5.87. The highest BCUT2D eigenvalue weighted by Gasteiger charge is 2.16. The van der Waals surface area contributed by atoms with Crippen molar-refractivity contribution in [2.75, 3.05) is 32.7 Å². The van der Waals surface area contributed by atoms with Gasteiger partial charge in [-0.3, -0.25) is 4.79 Å². The molecule has 0 bridgehead atoms. The number of hydrogen-bond donors (Lipinski definition) is 1. The minimum Gasteiger partial charge on any atom is -0.497 e. The van der Waals surface area contributed by atoms with Crippen molar-refractivity contribution < 1.29 is 14.3 Å². The molecule has 0 unspecified atom stereocenters. The minimum atomic E-state index is -0.206. The van der Waals surface area contributed by atoms with Crippen LogP contribution in [0, 0.1) is 0 Å². The van der Waals surface area contributed by atoms with Crippen LogP contribution in [0.3, 0.4) is 0 Å². The van der Waals surface area contributed by atoms with Gasteiger partial charge in [-0.25, -0.2) is 0 Å². The Morgan fingerprint density at radius 2 is 1.75 bits per heavy atom. The molecule has 5 nitrogen and oxygen atoms in total. The Morgan fingerprint density at radius 1 is 1.00 bits per heavy atom. The molecule has 0 radical (unpaired) electrons. The van der Waals surface area contributed by atoms with E-state index in [-0.39, 0.29) is 18.5 Å². The first-order chi connectivity index (χ1) is 13.5. The quantitative estimate of drug-likeness (QED) is 0.670. The van der Waals surface area contributed by atoms with Crippen LogP contribution in [0.2, 0.25) is 0 Å². The summed E-state index contributed by atoms with van der Waals surface area (Å²) in [6.07, 6.45) is 0. The van der Waals surface area contributed by atoms with E-state index in [1.54, 1.807) is 14.2 Å². The molecule has 0 spiro atoms. The van der Waals surface area contributed by atoms with E-state index in [1.165, 1.54) is 5.39 Å². The van der Waals surface area contributed by atoms with Crippen molar-refractivity contribution in [2.24, 2.45) is 0 Å². The first kappa shape index (κ1) is 19.5. The van der Waals surface area contributed by atoms with Gasteiger partial charge in [0.05, 0.1) is 26.8 Å². The summed E-state index contributed by atoms with van der Waals surface area (Å²) < 4.78 is 10.7. The van der Waals surface area contributed by atoms with Gasteiger partial charge < -0.3 is 19.7 Å². The molecule has 0 heterocycles. The first-order valence-electron chi connectivity index (χ1n) is 9.23. The summed E-state index contributed by atoms with van der Waals surface area (Å²) in [4.78, 5) is 14.5. The molecule has 0 aliphatic heterocycles. The summed E-state index contributed by atoms with van der Waals surface area (Å²) in [7, 11) is 5.15. The third kappa shape index (κ3) is 4.36. The van der Waals surface area contributed by atoms with Gasteiger partial charge in [-0.05, 0) is 48.0 Å². The van der Waals surface area contributed by atoms with Gasteiger partial charge in [0.1, 0.15) is 11.5 Å². The van der Waals surface area contributed by atoms with Gasteiger partial charge in [-0.15, -0.1) is 0 Å². The molecule has 146 valence electrons. The second-order valence-electron chi connectivity index (χ2n) is 6.78. The maximum absolute atomic E-state index is 12.6. The van der Waals surface area contributed by atoms with E-state index in [1.807, 2.05) is 55.3 Å². The number of amides is 1. The molecule has 0 aliphatic carbocycles. The number of methoxy groups -OCH3 is 2. The highest BCUT2D eigenvalue weighted by Crippen LogP contribution is 2.29. The fourth-order valence-corrected chi connectivity index (χ4v) is 3.26. The number of fused-ring (bicyclic) bond motifs is 1. The van der Waals surface area contributed by atoms with Crippen LogP contribution >= 0.6 is 0 Å². The lowest BCUT2D eigenvalue weighted by atomic mass is 10.1. The second kappa shape index (κ2) is 8.65. The number of carbonyl (C=O) groups is 1. The number of benzene rings is 3. The van der Waals surface area contributed by atoms with Crippen LogP contribution in [-0.4, -0.2) is 33.7 Å². The van der Waals surface area contributed by atoms with E-state index in [4.69, 9.17) is 9.47 Å². The predicted molar refractivity (Wildman–Crippen MR) is 113 cm³/mol. The summed E-state index contributed by atoms with van der Waals surface area (Å²) in [5.41, 5.74) is 1.88. The van der Waals surface area contributed by atoms with E-state index < -0.39 is 0 Å². The molecule has 3 aromatic rings. The first-order valence-corrected chi connectivity index (χ1v) is 9.23. The van der Waals surface area contributed by atoms with Gasteiger partial charge in [0.2, 0.25) is 5.91 Å². The van der Waals surface area contributed by atoms with E-state index in [0.717, 1.165) is 28.1 Å². The summed E-state index contributed by atoms with van der Waals surface area (Å²) in [5.74, 6) is 1.38. The number of anilines is 1. The molecule has 1 N–H and O–H groups in total. The summed E-state index contributed by atoms with van der Waals surface area (Å²) >= 11 is 0. The normalized spacial score (nSPS) is 11.7. The fourth-order valence-electron chi connectivity index (χ4n) is 3.26. The average Bonchev–Trinajstić information content (AvgIpc) is 2.72. The zero-order valence-electron chi connectivity index (χ0n) is 16.7. The van der Waals surface area contributed by atoms with Crippen LogP contribution in [0.15, 0.2) is 60.7 Å². The largest absolute Gasteiger partial charge is 0.497 e. The van der Waals surface area contributed by atoms with Gasteiger partial charge in [0.25, 0.3) is 0 Å². The van der Waals surface area contributed by atoms with Crippen LogP contribution in [-0.2, 0) is 4.79 Å². The van der Waals surface area contributed by atoms with Crippen molar-refractivity contribution in [3.8, 4) is 11.5 Å². The maximum Gasteiger partial charge on any atom is 0.239 e. The lowest BCUT2D eigenvalue weighted by molar-refractivity contribution is -0.120. The van der Waals surface area contributed by atoms with E-state index in [9.17, 15) is 4.79 Å². The van der Waals surface area contributed by atoms with Crippen molar-refractivity contribution in [3.63, 3.8) is 0 Å². The standard InChI is InChI=1S/C23H26N2O3/c1-16(21-14-20(27-3)11-12-22(21)28-4)24-23(26)15-25(2)19-10-9-17-7-5-6-8-18(17)13-19/h5-14,16H,15H2,1-4H3,(H,24,26)/t16-/m0/s1. The SMILES string of the molecule is COc1ccc(OC)c([C@H](C)NC(=O)CN(C)c2ccc3ccccc3c2)c1. The number of carbonyl (C=O) groups excluding carboxylic acids is 1. The Bertz CT molecular complexity index is 971. The third-order valence-corrected chi connectivity index (χ3v) is 4.84. The van der Waals surface area contributed by atoms with Crippen LogP contribution in [0.1, 0.15) is 18.5 Å². The van der Waals surface area contributed by atoms with E-state index >= 15 is 0 Å². The number of likely N-dealkylation sites (N-methyl/N-ethyl adjacent to an activating group) is 1. The van der Waals surface area contributed by atoms with Gasteiger partial charge in [-0.2, -0.15) is 0 Å². The molecular formula is C23H26N2O3. The molecule has 1 atom stereocenters. The molecule has 3 aromatic carbocycles. The average molecular weight is 378 g/mol. The second-order valence-corrected chi connectivity index (χ2v) is 6.78. The molecule has 0 saturated carbocycles. The van der Waals surface area contributed by atoms with E-state index in [2.05, 4.69) is 29.6 Å². The Balaban J connectivity index is 1.68. The highest BCUT2D eigenvalue weighted by atomic mass is 16.5. The summed E-state index contributed by atoms with van der Waals surface area (Å²) in [5, 5.41) is 5.38. The number of nitrogens with zero attached hydrogens (tertiary/aromatic N) is 1. The summed E-state index contributed by atoms with van der Waals surface area (Å²) in [6, 6.07) is 19.8. The van der Waals surface area contributed by atoms with Gasteiger partial charge in [-0.1, -0.05) is 30.3 Å². The van der Waals surface area contributed by atoms with E-state index in [0.29, 0.717) is 0 Å². The van der Waals surface area contributed by atoms with Gasteiger partial charge in [0, 0.05) is 18.3 Å². The van der Waals surface area contributed by atoms with Gasteiger partial charge in [0.15, 0.2) is 0 Å². The van der Waals surface area contributed by atoms with Crippen LogP contribution in [0.4, 0.5) is 5.69 Å². The van der Waals surface area contributed by atoms with Crippen molar-refractivity contribution in [1.29, 1.82) is 0 Å². The Labute approximate surface area is 165 Å². The van der Waals surface area contributed by atoms with Crippen molar-refractivity contribution in [1.82, 2.24) is 5.32 Å². The minimum absolute atomic E-state index is 0.0620. The topological polar surface area (TPSA) is 50.8 Å².